The third-order valence-corrected chi connectivity index (χ3v) is 4.68. The highest BCUT2D eigenvalue weighted by Gasteiger charge is 2.19. The lowest BCUT2D eigenvalue weighted by molar-refractivity contribution is -0.122. The van der Waals surface area contributed by atoms with Crippen LogP contribution in [-0.4, -0.2) is 31.7 Å². The van der Waals surface area contributed by atoms with Crippen LogP contribution in [0.2, 0.25) is 0 Å². The van der Waals surface area contributed by atoms with E-state index in [1.807, 2.05) is 0 Å². The van der Waals surface area contributed by atoms with Gasteiger partial charge in [0.05, 0.1) is 19.3 Å². The van der Waals surface area contributed by atoms with Crippen LogP contribution < -0.4 is 10.6 Å². The molecule has 0 bridgehead atoms. The lowest BCUT2D eigenvalue weighted by Gasteiger charge is -2.24. The molecule has 2 atom stereocenters. The Hall–Kier alpha value is -1.39. The minimum Gasteiger partial charge on any atom is -0.378 e. The van der Waals surface area contributed by atoms with Gasteiger partial charge in [0.1, 0.15) is 0 Å². The summed E-state index contributed by atoms with van der Waals surface area (Å²) in [4.78, 5) is 12.2. The van der Waals surface area contributed by atoms with E-state index in [0.29, 0.717) is 13.0 Å². The van der Waals surface area contributed by atoms with Crippen molar-refractivity contribution < 1.29 is 9.53 Å². The Bertz CT molecular complexity index is 524. The molecule has 2 N–H and O–H groups in total. The first-order valence-corrected chi connectivity index (χ1v) is 8.44. The maximum atomic E-state index is 12.2. The summed E-state index contributed by atoms with van der Waals surface area (Å²) in [6, 6.07) is 6.88. The third kappa shape index (κ3) is 3.87. The van der Waals surface area contributed by atoms with Crippen molar-refractivity contribution >= 4 is 5.91 Å². The molecule has 22 heavy (non-hydrogen) atoms. The van der Waals surface area contributed by atoms with Gasteiger partial charge in [-0.25, -0.2) is 0 Å². The molecule has 3 rings (SSSR count). The molecule has 0 aromatic heterocycles. The molecule has 120 valence electrons. The lowest BCUT2D eigenvalue weighted by atomic mass is 9.89. The quantitative estimate of drug-likeness (QED) is 0.896. The normalized spacial score (nSPS) is 22.7. The predicted molar refractivity (Wildman–Crippen MR) is 86.9 cm³/mol. The van der Waals surface area contributed by atoms with Crippen molar-refractivity contribution in [3.63, 3.8) is 0 Å². The van der Waals surface area contributed by atoms with E-state index < -0.39 is 0 Å². The molecule has 0 radical (unpaired) electrons. The zero-order valence-corrected chi connectivity index (χ0v) is 13.4. The fourth-order valence-corrected chi connectivity index (χ4v) is 3.38. The van der Waals surface area contributed by atoms with E-state index in [-0.39, 0.29) is 18.0 Å². The van der Waals surface area contributed by atoms with E-state index >= 15 is 0 Å². The van der Waals surface area contributed by atoms with Crippen LogP contribution in [0.3, 0.4) is 0 Å². The first kappa shape index (κ1) is 15.5. The molecule has 1 heterocycles. The van der Waals surface area contributed by atoms with Gasteiger partial charge in [-0.2, -0.15) is 0 Å². The van der Waals surface area contributed by atoms with Crippen LogP contribution in [-0.2, 0) is 22.4 Å². The molecule has 1 aliphatic carbocycles. The number of ether oxygens (including phenoxy) is 1. The predicted octanol–water partition coefficient (Wildman–Crippen LogP) is 2.12. The number of benzene rings is 1. The molecule has 1 amide bonds. The summed E-state index contributed by atoms with van der Waals surface area (Å²) < 4.78 is 5.39. The Balaban J connectivity index is 1.56. The topological polar surface area (TPSA) is 50.4 Å². The number of hydrogen-bond acceptors (Lipinski definition) is 3. The van der Waals surface area contributed by atoms with Crippen molar-refractivity contribution in [2.45, 2.75) is 51.1 Å². The van der Waals surface area contributed by atoms with Crippen LogP contribution in [0.5, 0.6) is 0 Å². The minimum absolute atomic E-state index is 0.0595. The largest absolute Gasteiger partial charge is 0.378 e. The van der Waals surface area contributed by atoms with Crippen molar-refractivity contribution in [3.8, 4) is 0 Å². The second-order valence-electron chi connectivity index (χ2n) is 6.45. The Morgan fingerprint density at radius 3 is 2.95 bits per heavy atom. The number of nitrogens with one attached hydrogen (secondary N) is 2. The van der Waals surface area contributed by atoms with Gasteiger partial charge >= 0.3 is 0 Å². The zero-order chi connectivity index (χ0) is 15.4. The van der Waals surface area contributed by atoms with E-state index in [1.54, 1.807) is 0 Å². The molecule has 0 spiro atoms. The number of fused-ring (bicyclic) bond motifs is 1. The molecule has 4 heteroatoms. The number of rotatable bonds is 4. The summed E-state index contributed by atoms with van der Waals surface area (Å²) in [5, 5.41) is 6.43. The first-order chi connectivity index (χ1) is 10.7. The molecule has 1 aromatic carbocycles. The maximum absolute atomic E-state index is 12.2. The van der Waals surface area contributed by atoms with Gasteiger partial charge in [0.2, 0.25) is 5.91 Å². The van der Waals surface area contributed by atoms with Gasteiger partial charge in [-0.05, 0) is 49.3 Å². The van der Waals surface area contributed by atoms with Crippen LogP contribution in [0.25, 0.3) is 0 Å². The lowest BCUT2D eigenvalue weighted by Crippen LogP contribution is -2.44. The second kappa shape index (κ2) is 7.25. The van der Waals surface area contributed by atoms with E-state index in [9.17, 15) is 4.79 Å². The van der Waals surface area contributed by atoms with Crippen molar-refractivity contribution in [3.05, 3.63) is 34.9 Å². The Morgan fingerprint density at radius 1 is 1.36 bits per heavy atom. The summed E-state index contributed by atoms with van der Waals surface area (Å²) in [6.07, 6.45) is 5.44. The van der Waals surface area contributed by atoms with Gasteiger partial charge in [-0.3, -0.25) is 4.79 Å². The van der Waals surface area contributed by atoms with Crippen molar-refractivity contribution in [2.75, 3.05) is 19.8 Å². The number of morpholine rings is 1. The van der Waals surface area contributed by atoms with Gasteiger partial charge in [-0.1, -0.05) is 18.2 Å². The van der Waals surface area contributed by atoms with Crippen molar-refractivity contribution in [2.24, 2.45) is 0 Å². The minimum atomic E-state index is 0.0595. The number of carbonyl (C=O) groups is 1. The van der Waals surface area contributed by atoms with Crippen LogP contribution in [0.15, 0.2) is 18.2 Å². The number of amides is 1. The van der Waals surface area contributed by atoms with Gasteiger partial charge in [0.15, 0.2) is 0 Å². The third-order valence-electron chi connectivity index (χ3n) is 4.68. The highest BCUT2D eigenvalue weighted by molar-refractivity contribution is 5.77. The summed E-state index contributed by atoms with van der Waals surface area (Å²) in [7, 11) is 0. The fraction of sp³-hybridized carbons (Fsp3) is 0.611. The van der Waals surface area contributed by atoms with Gasteiger partial charge in [0.25, 0.3) is 0 Å². The summed E-state index contributed by atoms with van der Waals surface area (Å²) >= 11 is 0. The molecule has 1 fully saturated rings. The highest BCUT2D eigenvalue weighted by Crippen LogP contribution is 2.24. The van der Waals surface area contributed by atoms with Gasteiger partial charge in [-0.15, -0.1) is 0 Å². The monoisotopic (exact) mass is 302 g/mol. The molecule has 1 aromatic rings. The van der Waals surface area contributed by atoms with Crippen LogP contribution in [0.4, 0.5) is 0 Å². The molecule has 2 aliphatic rings. The molecule has 2 unspecified atom stereocenters. The molecule has 4 nitrogen and oxygen atoms in total. The maximum Gasteiger partial charge on any atom is 0.222 e. The van der Waals surface area contributed by atoms with E-state index in [1.165, 1.54) is 42.4 Å². The SMILES string of the molecule is CC(NC(=O)CC1COCCN1)c1ccc2c(c1)CCCC2. The van der Waals surface area contributed by atoms with Crippen LogP contribution >= 0.6 is 0 Å². The van der Waals surface area contributed by atoms with Crippen LogP contribution in [0.1, 0.15) is 48.9 Å². The van der Waals surface area contributed by atoms with Gasteiger partial charge < -0.3 is 15.4 Å². The average Bonchev–Trinajstić information content (AvgIpc) is 2.55. The summed E-state index contributed by atoms with van der Waals surface area (Å²) in [5.74, 6) is 0.0909. The number of carbonyl (C=O) groups excluding carboxylic acids is 1. The summed E-state index contributed by atoms with van der Waals surface area (Å²) in [6.45, 7) is 4.26. The second-order valence-corrected chi connectivity index (χ2v) is 6.45. The Labute approximate surface area is 132 Å². The summed E-state index contributed by atoms with van der Waals surface area (Å²) in [5.41, 5.74) is 4.16. The molecule has 0 saturated carbocycles. The average molecular weight is 302 g/mol. The Kier molecular flexibility index (Phi) is 5.11. The molecule has 1 saturated heterocycles. The highest BCUT2D eigenvalue weighted by atomic mass is 16.5. The molecular weight excluding hydrogens is 276 g/mol. The molecule has 1 aliphatic heterocycles. The van der Waals surface area contributed by atoms with Crippen molar-refractivity contribution in [1.29, 1.82) is 0 Å². The zero-order valence-electron chi connectivity index (χ0n) is 13.4. The fourth-order valence-electron chi connectivity index (χ4n) is 3.38. The van der Waals surface area contributed by atoms with Gasteiger partial charge in [0, 0.05) is 19.0 Å². The van der Waals surface area contributed by atoms with E-state index in [2.05, 4.69) is 35.8 Å². The van der Waals surface area contributed by atoms with E-state index in [0.717, 1.165) is 13.2 Å². The standard InChI is InChI=1S/C18H26N2O2/c1-13(20-18(21)11-17-12-22-9-8-19-17)15-7-6-14-4-2-3-5-16(14)10-15/h6-7,10,13,17,19H,2-5,8-9,11-12H2,1H3,(H,20,21). The smallest absolute Gasteiger partial charge is 0.222 e. The first-order valence-electron chi connectivity index (χ1n) is 8.44. The van der Waals surface area contributed by atoms with E-state index in [4.69, 9.17) is 4.74 Å². The number of hydrogen-bond donors (Lipinski definition) is 2. The molecular formula is C18H26N2O2. The van der Waals surface area contributed by atoms with Crippen molar-refractivity contribution in [1.82, 2.24) is 10.6 Å². The van der Waals surface area contributed by atoms with Crippen LogP contribution in [0, 0.1) is 0 Å². The number of aryl methyl sites for hydroxylation is 2. The Morgan fingerprint density at radius 2 is 2.18 bits per heavy atom.